The number of amides is 1. The van der Waals surface area contributed by atoms with Crippen LogP contribution in [0, 0.1) is 19.8 Å². The zero-order chi connectivity index (χ0) is 17.0. The summed E-state index contributed by atoms with van der Waals surface area (Å²) >= 11 is 0. The molecule has 1 fully saturated rings. The van der Waals surface area contributed by atoms with Gasteiger partial charge in [-0.15, -0.1) is 0 Å². The molecule has 2 unspecified atom stereocenters. The lowest BCUT2D eigenvalue weighted by Crippen LogP contribution is -2.48. The van der Waals surface area contributed by atoms with Gasteiger partial charge in [-0.25, -0.2) is 4.79 Å². The number of hydrogen-bond acceptors (Lipinski definition) is 4. The van der Waals surface area contributed by atoms with Gasteiger partial charge in [0.2, 0.25) is 0 Å². The van der Waals surface area contributed by atoms with Crippen molar-refractivity contribution in [2.24, 2.45) is 5.92 Å². The Hall–Kier alpha value is -2.08. The highest BCUT2D eigenvalue weighted by Crippen LogP contribution is 2.25. The molecule has 1 aromatic rings. The lowest BCUT2D eigenvalue weighted by molar-refractivity contribution is -0.142. The summed E-state index contributed by atoms with van der Waals surface area (Å²) < 4.78 is 10.6. The molecule has 0 aromatic heterocycles. The van der Waals surface area contributed by atoms with Crippen LogP contribution in [-0.2, 0) is 9.53 Å². The number of carboxylic acids is 1. The number of aliphatic carboxylic acids is 1. The van der Waals surface area contributed by atoms with E-state index in [0.717, 1.165) is 29.7 Å². The van der Waals surface area contributed by atoms with Gasteiger partial charge in [0.05, 0.1) is 13.7 Å². The maximum absolute atomic E-state index is 12.5. The first kappa shape index (κ1) is 17.3. The highest BCUT2D eigenvalue weighted by Gasteiger charge is 2.31. The largest absolute Gasteiger partial charge is 0.496 e. The summed E-state index contributed by atoms with van der Waals surface area (Å²) in [6, 6.07) is 2.47. The van der Waals surface area contributed by atoms with Crippen LogP contribution in [0.3, 0.4) is 0 Å². The highest BCUT2D eigenvalue weighted by molar-refractivity contribution is 5.97. The minimum atomic E-state index is -1.03. The molecule has 1 aliphatic rings. The van der Waals surface area contributed by atoms with Gasteiger partial charge >= 0.3 is 5.97 Å². The Morgan fingerprint density at radius 1 is 1.35 bits per heavy atom. The molecule has 126 valence electrons. The summed E-state index contributed by atoms with van der Waals surface area (Å²) in [6.45, 7) is 4.71. The monoisotopic (exact) mass is 321 g/mol. The smallest absolute Gasteiger partial charge is 0.326 e. The van der Waals surface area contributed by atoms with Crippen molar-refractivity contribution < 1.29 is 24.2 Å². The van der Waals surface area contributed by atoms with Crippen LogP contribution >= 0.6 is 0 Å². The molecule has 1 heterocycles. The van der Waals surface area contributed by atoms with Gasteiger partial charge in [0.15, 0.2) is 0 Å². The average Bonchev–Trinajstić information content (AvgIpc) is 2.52. The molecule has 1 aliphatic heterocycles. The average molecular weight is 321 g/mol. The van der Waals surface area contributed by atoms with Gasteiger partial charge in [0.1, 0.15) is 11.8 Å². The molecule has 23 heavy (non-hydrogen) atoms. The lowest BCUT2D eigenvalue weighted by Gasteiger charge is -2.28. The van der Waals surface area contributed by atoms with Gasteiger partial charge in [-0.1, -0.05) is 0 Å². The van der Waals surface area contributed by atoms with Gasteiger partial charge in [0, 0.05) is 18.1 Å². The number of carbonyl (C=O) groups is 2. The zero-order valence-corrected chi connectivity index (χ0v) is 13.7. The Kier molecular flexibility index (Phi) is 5.60. The van der Waals surface area contributed by atoms with Crippen molar-refractivity contribution in [1.29, 1.82) is 0 Å². The zero-order valence-electron chi connectivity index (χ0n) is 13.7. The summed E-state index contributed by atoms with van der Waals surface area (Å²) in [5, 5.41) is 12.1. The first-order valence-electron chi connectivity index (χ1n) is 7.70. The number of rotatable bonds is 5. The highest BCUT2D eigenvalue weighted by atomic mass is 16.5. The van der Waals surface area contributed by atoms with Gasteiger partial charge < -0.3 is 19.9 Å². The van der Waals surface area contributed by atoms with Crippen LogP contribution in [0.2, 0.25) is 0 Å². The summed E-state index contributed by atoms with van der Waals surface area (Å²) in [6.07, 6.45) is 1.54. The molecule has 2 atom stereocenters. The van der Waals surface area contributed by atoms with Crippen LogP contribution in [0.5, 0.6) is 5.75 Å². The van der Waals surface area contributed by atoms with E-state index in [1.165, 1.54) is 0 Å². The molecule has 2 rings (SSSR count). The van der Waals surface area contributed by atoms with Crippen LogP contribution in [-0.4, -0.2) is 43.3 Å². The lowest BCUT2D eigenvalue weighted by atomic mass is 9.93. The van der Waals surface area contributed by atoms with Crippen LogP contribution in [0.4, 0.5) is 0 Å². The minimum Gasteiger partial charge on any atom is -0.496 e. The molecule has 1 amide bonds. The van der Waals surface area contributed by atoms with Crippen molar-refractivity contribution in [2.45, 2.75) is 32.7 Å². The van der Waals surface area contributed by atoms with Crippen LogP contribution in [0.15, 0.2) is 12.1 Å². The van der Waals surface area contributed by atoms with E-state index in [1.54, 1.807) is 19.2 Å². The maximum Gasteiger partial charge on any atom is 0.326 e. The fourth-order valence-electron chi connectivity index (χ4n) is 3.04. The Bertz CT molecular complexity index is 570. The Morgan fingerprint density at radius 2 is 2.00 bits per heavy atom. The minimum absolute atomic E-state index is 0.203. The number of nitrogens with one attached hydrogen (secondary N) is 1. The molecule has 0 spiro atoms. The van der Waals surface area contributed by atoms with E-state index in [-0.39, 0.29) is 5.92 Å². The number of hydrogen-bond donors (Lipinski definition) is 2. The predicted molar refractivity (Wildman–Crippen MR) is 84.9 cm³/mol. The van der Waals surface area contributed by atoms with E-state index < -0.39 is 17.9 Å². The van der Waals surface area contributed by atoms with Crippen molar-refractivity contribution in [3.05, 3.63) is 28.8 Å². The van der Waals surface area contributed by atoms with Crippen molar-refractivity contribution in [2.75, 3.05) is 20.3 Å². The molecular weight excluding hydrogens is 298 g/mol. The van der Waals surface area contributed by atoms with Gasteiger partial charge in [-0.05, 0) is 49.9 Å². The number of carbonyl (C=O) groups excluding carboxylic acids is 1. The fraction of sp³-hybridized carbons (Fsp3) is 0.529. The molecule has 6 nitrogen and oxygen atoms in total. The first-order chi connectivity index (χ1) is 10.9. The second kappa shape index (κ2) is 7.46. The number of ether oxygens (including phenoxy) is 2. The molecule has 0 saturated carbocycles. The number of methoxy groups -OCH3 is 1. The van der Waals surface area contributed by atoms with E-state index in [4.69, 9.17) is 9.47 Å². The Balaban J connectivity index is 2.17. The van der Waals surface area contributed by atoms with Crippen molar-refractivity contribution in [3.8, 4) is 5.75 Å². The molecule has 6 heteroatoms. The maximum atomic E-state index is 12.5. The molecule has 1 aromatic carbocycles. The van der Waals surface area contributed by atoms with Crippen LogP contribution in [0.25, 0.3) is 0 Å². The molecule has 0 bridgehead atoms. The van der Waals surface area contributed by atoms with Gasteiger partial charge in [-0.3, -0.25) is 4.79 Å². The molecule has 2 N–H and O–H groups in total. The van der Waals surface area contributed by atoms with E-state index in [2.05, 4.69) is 5.32 Å². The number of carboxylic acid groups (broad SMARTS) is 1. The predicted octanol–water partition coefficient (Wildman–Crippen LogP) is 1.92. The molecular formula is C17H23NO5. The van der Waals surface area contributed by atoms with Crippen LogP contribution < -0.4 is 10.1 Å². The van der Waals surface area contributed by atoms with E-state index in [9.17, 15) is 14.7 Å². The van der Waals surface area contributed by atoms with E-state index in [0.29, 0.717) is 18.8 Å². The first-order valence-corrected chi connectivity index (χ1v) is 7.70. The SMILES string of the molecule is COc1c(C)cc(C(=O)NC(C(=O)O)C2CCCOC2)cc1C. The standard InChI is InChI=1S/C17H23NO5/c1-10-7-13(8-11(2)15(10)22-3)16(19)18-14(17(20)21)12-5-4-6-23-9-12/h7-8,12,14H,4-6,9H2,1-3H3,(H,18,19)(H,20,21). The van der Waals surface area contributed by atoms with Gasteiger partial charge in [-0.2, -0.15) is 0 Å². The second-order valence-corrected chi connectivity index (χ2v) is 5.91. The third kappa shape index (κ3) is 4.01. The Morgan fingerprint density at radius 3 is 2.48 bits per heavy atom. The van der Waals surface area contributed by atoms with Crippen molar-refractivity contribution in [1.82, 2.24) is 5.32 Å². The second-order valence-electron chi connectivity index (χ2n) is 5.91. The number of benzene rings is 1. The van der Waals surface area contributed by atoms with Gasteiger partial charge in [0.25, 0.3) is 5.91 Å². The van der Waals surface area contributed by atoms with Crippen molar-refractivity contribution >= 4 is 11.9 Å². The summed E-state index contributed by atoms with van der Waals surface area (Å²) in [7, 11) is 1.58. The molecule has 1 saturated heterocycles. The van der Waals surface area contributed by atoms with Crippen molar-refractivity contribution in [3.63, 3.8) is 0 Å². The quantitative estimate of drug-likeness (QED) is 0.865. The Labute approximate surface area is 135 Å². The summed E-state index contributed by atoms with van der Waals surface area (Å²) in [5.41, 5.74) is 2.11. The summed E-state index contributed by atoms with van der Waals surface area (Å²) in [5.74, 6) is -0.893. The molecule has 0 radical (unpaired) electrons. The number of aryl methyl sites for hydroxylation is 2. The third-order valence-corrected chi connectivity index (χ3v) is 4.15. The van der Waals surface area contributed by atoms with E-state index >= 15 is 0 Å². The normalized spacial score (nSPS) is 19.0. The summed E-state index contributed by atoms with van der Waals surface area (Å²) in [4.78, 5) is 24.0. The molecule has 0 aliphatic carbocycles. The third-order valence-electron chi connectivity index (χ3n) is 4.15. The topological polar surface area (TPSA) is 84.9 Å². The van der Waals surface area contributed by atoms with E-state index in [1.807, 2.05) is 13.8 Å². The van der Waals surface area contributed by atoms with Crippen LogP contribution in [0.1, 0.15) is 34.3 Å². The fourth-order valence-corrected chi connectivity index (χ4v) is 3.04.